The number of halogens is 3. The van der Waals surface area contributed by atoms with Crippen LogP contribution in [0, 0.1) is 46.3 Å². The Morgan fingerprint density at radius 1 is 0.762 bits per heavy atom. The van der Waals surface area contributed by atoms with E-state index in [1.165, 1.54) is 11.1 Å². The standard InChI is InChI=1S/C18H19BrF2/c1-9-6-10(2)13(5)17(12(9)4)18(19)14-7-11(3)15(20)8-16(14)21/h6-8,18H,1-5H3. The van der Waals surface area contributed by atoms with E-state index in [0.29, 0.717) is 11.1 Å². The molecule has 112 valence electrons. The van der Waals surface area contributed by atoms with Crippen LogP contribution in [0.4, 0.5) is 8.78 Å². The fourth-order valence-corrected chi connectivity index (χ4v) is 3.69. The molecule has 3 heteroatoms. The number of benzene rings is 2. The number of alkyl halides is 1. The zero-order chi connectivity index (χ0) is 15.9. The van der Waals surface area contributed by atoms with Crippen molar-refractivity contribution < 1.29 is 8.78 Å². The van der Waals surface area contributed by atoms with Gasteiger partial charge in [0.25, 0.3) is 0 Å². The van der Waals surface area contributed by atoms with Crippen molar-refractivity contribution in [3.8, 4) is 0 Å². The summed E-state index contributed by atoms with van der Waals surface area (Å²) in [5, 5.41) is 0. The van der Waals surface area contributed by atoms with Gasteiger partial charge in [0.05, 0.1) is 4.83 Å². The molecular formula is C18H19BrF2. The van der Waals surface area contributed by atoms with Crippen molar-refractivity contribution in [1.29, 1.82) is 0 Å². The molecule has 0 aliphatic heterocycles. The fourth-order valence-electron chi connectivity index (χ4n) is 2.66. The average Bonchev–Trinajstić information content (AvgIpc) is 2.40. The Balaban J connectivity index is 2.66. The summed E-state index contributed by atoms with van der Waals surface area (Å²) in [6.45, 7) is 9.84. The number of rotatable bonds is 2. The minimum Gasteiger partial charge on any atom is -0.207 e. The summed E-state index contributed by atoms with van der Waals surface area (Å²) in [6, 6.07) is 4.69. The van der Waals surface area contributed by atoms with Crippen molar-refractivity contribution in [3.05, 3.63) is 68.8 Å². The van der Waals surface area contributed by atoms with Crippen LogP contribution in [0.2, 0.25) is 0 Å². The second-order valence-corrected chi connectivity index (χ2v) is 6.58. The molecule has 0 radical (unpaired) electrons. The minimum atomic E-state index is -0.516. The lowest BCUT2D eigenvalue weighted by Crippen LogP contribution is -2.06. The minimum absolute atomic E-state index is 0.282. The maximum absolute atomic E-state index is 14.2. The van der Waals surface area contributed by atoms with Crippen molar-refractivity contribution in [2.45, 2.75) is 39.4 Å². The Morgan fingerprint density at radius 2 is 1.29 bits per heavy atom. The first-order valence-corrected chi connectivity index (χ1v) is 7.82. The summed E-state index contributed by atoms with van der Waals surface area (Å²) in [6.07, 6.45) is 0. The van der Waals surface area contributed by atoms with Crippen molar-refractivity contribution in [2.75, 3.05) is 0 Å². The maximum Gasteiger partial charge on any atom is 0.130 e. The smallest absolute Gasteiger partial charge is 0.130 e. The molecule has 2 aromatic carbocycles. The highest BCUT2D eigenvalue weighted by Gasteiger charge is 2.21. The van der Waals surface area contributed by atoms with E-state index in [2.05, 4.69) is 35.8 Å². The maximum atomic E-state index is 14.2. The molecule has 2 aromatic rings. The van der Waals surface area contributed by atoms with E-state index in [-0.39, 0.29) is 4.83 Å². The van der Waals surface area contributed by atoms with Gasteiger partial charge in [-0.15, -0.1) is 0 Å². The topological polar surface area (TPSA) is 0 Å². The summed E-state index contributed by atoms with van der Waals surface area (Å²) < 4.78 is 27.6. The predicted molar refractivity (Wildman–Crippen MR) is 87.3 cm³/mol. The summed E-state index contributed by atoms with van der Waals surface area (Å²) >= 11 is 3.61. The van der Waals surface area contributed by atoms with Crippen molar-refractivity contribution in [3.63, 3.8) is 0 Å². The van der Waals surface area contributed by atoms with E-state index >= 15 is 0 Å². The lowest BCUT2D eigenvalue weighted by molar-refractivity contribution is 0.568. The van der Waals surface area contributed by atoms with Crippen molar-refractivity contribution in [1.82, 2.24) is 0 Å². The molecule has 0 amide bonds. The van der Waals surface area contributed by atoms with Gasteiger partial charge in [0, 0.05) is 11.6 Å². The normalized spacial score (nSPS) is 12.6. The first kappa shape index (κ1) is 16.2. The Hall–Kier alpha value is -1.22. The van der Waals surface area contributed by atoms with E-state index in [4.69, 9.17) is 0 Å². The van der Waals surface area contributed by atoms with Crippen LogP contribution < -0.4 is 0 Å². The van der Waals surface area contributed by atoms with Crippen LogP contribution in [0.15, 0.2) is 18.2 Å². The third-order valence-electron chi connectivity index (χ3n) is 4.23. The van der Waals surface area contributed by atoms with Crippen LogP contribution in [0.25, 0.3) is 0 Å². The number of aryl methyl sites for hydroxylation is 3. The van der Waals surface area contributed by atoms with Crippen LogP contribution in [-0.4, -0.2) is 0 Å². The van der Waals surface area contributed by atoms with Gasteiger partial charge in [0.15, 0.2) is 0 Å². The Morgan fingerprint density at radius 3 is 1.81 bits per heavy atom. The molecule has 0 nitrogen and oxygen atoms in total. The highest BCUT2D eigenvalue weighted by Crippen LogP contribution is 2.38. The van der Waals surface area contributed by atoms with Gasteiger partial charge in [0.2, 0.25) is 0 Å². The van der Waals surface area contributed by atoms with E-state index in [9.17, 15) is 8.78 Å². The van der Waals surface area contributed by atoms with Crippen LogP contribution in [-0.2, 0) is 0 Å². The average molecular weight is 353 g/mol. The molecule has 0 fully saturated rings. The molecule has 0 aliphatic carbocycles. The molecule has 0 aliphatic rings. The second kappa shape index (κ2) is 5.88. The van der Waals surface area contributed by atoms with Gasteiger partial charge in [-0.05, 0) is 74.1 Å². The largest absolute Gasteiger partial charge is 0.207 e. The number of hydrogen-bond donors (Lipinski definition) is 0. The highest BCUT2D eigenvalue weighted by atomic mass is 79.9. The highest BCUT2D eigenvalue weighted by molar-refractivity contribution is 9.09. The molecule has 0 bridgehead atoms. The molecule has 0 spiro atoms. The van der Waals surface area contributed by atoms with Crippen molar-refractivity contribution >= 4 is 15.9 Å². The SMILES string of the molecule is Cc1cc(C(Br)c2c(C)c(C)cc(C)c2C)c(F)cc1F. The first-order valence-electron chi connectivity index (χ1n) is 6.91. The monoisotopic (exact) mass is 352 g/mol. The predicted octanol–water partition coefficient (Wildman–Crippen LogP) is 5.99. The molecule has 21 heavy (non-hydrogen) atoms. The lowest BCUT2D eigenvalue weighted by atomic mass is 9.89. The van der Waals surface area contributed by atoms with Gasteiger partial charge >= 0.3 is 0 Å². The molecule has 2 rings (SSSR count). The van der Waals surface area contributed by atoms with Gasteiger partial charge in [-0.3, -0.25) is 0 Å². The molecule has 0 saturated carbocycles. The van der Waals surface area contributed by atoms with Gasteiger partial charge in [-0.25, -0.2) is 8.78 Å². The van der Waals surface area contributed by atoms with Gasteiger partial charge in [-0.2, -0.15) is 0 Å². The number of hydrogen-bond acceptors (Lipinski definition) is 0. The molecular weight excluding hydrogens is 334 g/mol. The molecule has 1 unspecified atom stereocenters. The quantitative estimate of drug-likeness (QED) is 0.582. The molecule has 0 saturated heterocycles. The summed E-state index contributed by atoms with van der Waals surface area (Å²) in [4.78, 5) is -0.282. The van der Waals surface area contributed by atoms with E-state index in [1.54, 1.807) is 13.0 Å². The summed E-state index contributed by atoms with van der Waals surface area (Å²) in [7, 11) is 0. The van der Waals surface area contributed by atoms with Gasteiger partial charge in [0.1, 0.15) is 11.6 Å². The Kier molecular flexibility index (Phi) is 4.52. The first-order chi connectivity index (χ1) is 9.73. The molecule has 0 aromatic heterocycles. The van der Waals surface area contributed by atoms with E-state index < -0.39 is 11.6 Å². The third-order valence-corrected chi connectivity index (χ3v) is 5.18. The molecule has 0 heterocycles. The zero-order valence-corrected chi connectivity index (χ0v) is 14.5. The fraction of sp³-hybridized carbons (Fsp3) is 0.333. The van der Waals surface area contributed by atoms with Crippen LogP contribution >= 0.6 is 15.9 Å². The molecule has 0 N–H and O–H groups in total. The zero-order valence-electron chi connectivity index (χ0n) is 12.9. The van der Waals surface area contributed by atoms with Crippen LogP contribution in [0.3, 0.4) is 0 Å². The lowest BCUT2D eigenvalue weighted by Gasteiger charge is -2.21. The summed E-state index contributed by atoms with van der Waals surface area (Å²) in [5.41, 5.74) is 6.63. The molecule has 1 atom stereocenters. The van der Waals surface area contributed by atoms with E-state index in [1.807, 2.05) is 13.8 Å². The van der Waals surface area contributed by atoms with Crippen molar-refractivity contribution in [2.24, 2.45) is 0 Å². The van der Waals surface area contributed by atoms with Crippen LogP contribution in [0.1, 0.15) is 43.8 Å². The second-order valence-electron chi connectivity index (χ2n) is 5.66. The summed E-state index contributed by atoms with van der Waals surface area (Å²) in [5.74, 6) is -1.03. The Bertz CT molecular complexity index is 679. The van der Waals surface area contributed by atoms with Gasteiger partial charge in [-0.1, -0.05) is 22.0 Å². The third kappa shape index (κ3) is 2.89. The Labute approximate surface area is 133 Å². The van der Waals surface area contributed by atoms with Gasteiger partial charge < -0.3 is 0 Å². The van der Waals surface area contributed by atoms with E-state index in [0.717, 1.165) is 22.8 Å². The van der Waals surface area contributed by atoms with Crippen LogP contribution in [0.5, 0.6) is 0 Å².